The summed E-state index contributed by atoms with van der Waals surface area (Å²) in [6, 6.07) is 8.67. The second kappa shape index (κ2) is 8.81. The highest BCUT2D eigenvalue weighted by Gasteiger charge is 2.21. The summed E-state index contributed by atoms with van der Waals surface area (Å²) in [5.41, 5.74) is -0.814. The van der Waals surface area contributed by atoms with Crippen LogP contribution in [-0.2, 0) is 28.4 Å². The van der Waals surface area contributed by atoms with Crippen LogP contribution in [0.2, 0.25) is 0 Å². The number of aromatic nitrogens is 2. The average Bonchev–Trinajstić information content (AvgIpc) is 3.33. The van der Waals surface area contributed by atoms with Gasteiger partial charge in [-0.05, 0) is 55.3 Å². The van der Waals surface area contributed by atoms with Crippen molar-refractivity contribution in [1.29, 1.82) is 0 Å². The van der Waals surface area contributed by atoms with Crippen LogP contribution in [0.1, 0.15) is 19.3 Å². The summed E-state index contributed by atoms with van der Waals surface area (Å²) in [5, 5.41) is 0.0349. The van der Waals surface area contributed by atoms with Gasteiger partial charge in [0.2, 0.25) is 5.91 Å². The molecule has 33 heavy (non-hydrogen) atoms. The zero-order valence-corrected chi connectivity index (χ0v) is 18.8. The molecule has 1 amide bonds. The molecule has 3 aromatic rings. The van der Waals surface area contributed by atoms with Gasteiger partial charge in [0.15, 0.2) is 0 Å². The van der Waals surface area contributed by atoms with Crippen molar-refractivity contribution in [2.24, 2.45) is 7.05 Å². The average molecular weight is 475 g/mol. The van der Waals surface area contributed by atoms with Crippen LogP contribution < -0.4 is 16.0 Å². The summed E-state index contributed by atoms with van der Waals surface area (Å²) in [6.07, 6.45) is 1.88. The molecule has 0 unspecified atom stereocenters. The van der Waals surface area contributed by atoms with E-state index in [0.717, 1.165) is 29.5 Å². The predicted molar refractivity (Wildman–Crippen MR) is 121 cm³/mol. The van der Waals surface area contributed by atoms with Gasteiger partial charge in [0.05, 0.1) is 15.8 Å². The highest BCUT2D eigenvalue weighted by Crippen LogP contribution is 2.19. The van der Waals surface area contributed by atoms with Crippen molar-refractivity contribution in [2.45, 2.75) is 30.7 Å². The number of rotatable bonds is 6. The number of hydrogen-bond acceptors (Lipinski definition) is 5. The smallest absolute Gasteiger partial charge is 0.331 e. The highest BCUT2D eigenvalue weighted by molar-refractivity contribution is 7.92. The number of halogens is 1. The Balaban J connectivity index is 1.68. The van der Waals surface area contributed by atoms with E-state index in [9.17, 15) is 27.2 Å². The SMILES string of the molecule is Cn1c(=O)n(CCC(=O)N2CCCC2)c(=O)c2cc(S(=O)(=O)Nc3ccc(F)cc3)ccc21. The lowest BCUT2D eigenvalue weighted by atomic mass is 10.2. The van der Waals surface area contributed by atoms with Crippen LogP contribution in [0.3, 0.4) is 0 Å². The molecule has 1 aliphatic heterocycles. The van der Waals surface area contributed by atoms with Crippen LogP contribution in [0, 0.1) is 5.82 Å². The largest absolute Gasteiger partial charge is 0.343 e. The lowest BCUT2D eigenvalue weighted by molar-refractivity contribution is -0.130. The Labute approximate surface area is 189 Å². The number of sulfonamides is 1. The Morgan fingerprint density at radius 1 is 1.06 bits per heavy atom. The molecule has 2 aromatic carbocycles. The van der Waals surface area contributed by atoms with Crippen molar-refractivity contribution in [3.63, 3.8) is 0 Å². The first-order valence-electron chi connectivity index (χ1n) is 10.5. The van der Waals surface area contributed by atoms with E-state index in [4.69, 9.17) is 0 Å². The molecule has 9 nitrogen and oxygen atoms in total. The second-order valence-electron chi connectivity index (χ2n) is 7.93. The normalized spacial score (nSPS) is 14.1. The van der Waals surface area contributed by atoms with Gasteiger partial charge in [0.25, 0.3) is 15.6 Å². The van der Waals surface area contributed by atoms with Gasteiger partial charge < -0.3 is 4.90 Å². The number of benzene rings is 2. The molecule has 0 spiro atoms. The fourth-order valence-corrected chi connectivity index (χ4v) is 5.01. The van der Waals surface area contributed by atoms with Gasteiger partial charge in [-0.1, -0.05) is 0 Å². The fraction of sp³-hybridized carbons (Fsp3) is 0.318. The molecule has 4 rings (SSSR count). The van der Waals surface area contributed by atoms with Crippen LogP contribution in [-0.4, -0.2) is 41.4 Å². The van der Waals surface area contributed by atoms with Crippen molar-refractivity contribution in [1.82, 2.24) is 14.0 Å². The van der Waals surface area contributed by atoms with Crippen LogP contribution in [0.25, 0.3) is 10.9 Å². The number of nitrogens with zero attached hydrogens (tertiary/aromatic N) is 3. The Hall–Kier alpha value is -3.47. The molecule has 1 N–H and O–H groups in total. The third-order valence-corrected chi connectivity index (χ3v) is 7.12. The molecular weight excluding hydrogens is 451 g/mol. The second-order valence-corrected chi connectivity index (χ2v) is 9.61. The van der Waals surface area contributed by atoms with Gasteiger partial charge in [0, 0.05) is 38.8 Å². The van der Waals surface area contributed by atoms with Gasteiger partial charge in [-0.2, -0.15) is 0 Å². The zero-order valence-electron chi connectivity index (χ0n) is 18.0. The van der Waals surface area contributed by atoms with Crippen molar-refractivity contribution < 1.29 is 17.6 Å². The van der Waals surface area contributed by atoms with E-state index in [0.29, 0.717) is 13.1 Å². The molecule has 0 radical (unpaired) electrons. The molecular formula is C22H23FN4O5S. The van der Waals surface area contributed by atoms with E-state index in [-0.39, 0.29) is 40.4 Å². The molecule has 0 atom stereocenters. The number of hydrogen-bond donors (Lipinski definition) is 1. The summed E-state index contributed by atoms with van der Waals surface area (Å²) < 4.78 is 43.3. The Kier molecular flexibility index (Phi) is 6.07. The van der Waals surface area contributed by atoms with Crippen LogP contribution in [0.5, 0.6) is 0 Å². The quantitative estimate of drug-likeness (QED) is 0.584. The minimum absolute atomic E-state index is 0.00473. The molecule has 1 saturated heterocycles. The van der Waals surface area contributed by atoms with Gasteiger partial charge >= 0.3 is 5.69 Å². The lowest BCUT2D eigenvalue weighted by Gasteiger charge is -2.16. The minimum atomic E-state index is -4.08. The van der Waals surface area contributed by atoms with Gasteiger partial charge in [-0.25, -0.2) is 17.6 Å². The molecule has 0 saturated carbocycles. The lowest BCUT2D eigenvalue weighted by Crippen LogP contribution is -2.40. The number of aryl methyl sites for hydroxylation is 1. The minimum Gasteiger partial charge on any atom is -0.343 e. The Morgan fingerprint density at radius 2 is 1.73 bits per heavy atom. The molecule has 1 fully saturated rings. The summed E-state index contributed by atoms with van der Waals surface area (Å²) in [7, 11) is -2.60. The van der Waals surface area contributed by atoms with E-state index >= 15 is 0 Å². The first kappa shape index (κ1) is 22.7. The maximum absolute atomic E-state index is 13.1. The maximum Gasteiger partial charge on any atom is 0.331 e. The summed E-state index contributed by atoms with van der Waals surface area (Å²) >= 11 is 0. The topological polar surface area (TPSA) is 110 Å². The Bertz CT molecular complexity index is 1440. The monoisotopic (exact) mass is 474 g/mol. The molecule has 2 heterocycles. The third kappa shape index (κ3) is 4.54. The number of anilines is 1. The summed E-state index contributed by atoms with van der Waals surface area (Å²) in [6.45, 7) is 1.25. The molecule has 0 bridgehead atoms. The number of nitrogens with one attached hydrogen (secondary N) is 1. The summed E-state index contributed by atoms with van der Waals surface area (Å²) in [4.78, 5) is 39.7. The van der Waals surface area contributed by atoms with Gasteiger partial charge in [-0.3, -0.25) is 23.4 Å². The molecule has 174 valence electrons. The first-order chi connectivity index (χ1) is 15.7. The third-order valence-electron chi connectivity index (χ3n) is 5.74. The molecule has 11 heteroatoms. The fourth-order valence-electron chi connectivity index (χ4n) is 3.92. The number of amides is 1. The molecule has 1 aliphatic rings. The summed E-state index contributed by atoms with van der Waals surface area (Å²) in [5.74, 6) is -0.630. The van der Waals surface area contributed by atoms with Crippen molar-refractivity contribution in [3.05, 3.63) is 69.1 Å². The number of carbonyl (C=O) groups is 1. The van der Waals surface area contributed by atoms with Crippen molar-refractivity contribution >= 4 is 32.5 Å². The van der Waals surface area contributed by atoms with E-state index in [1.54, 1.807) is 4.90 Å². The van der Waals surface area contributed by atoms with E-state index in [1.165, 1.54) is 41.9 Å². The van der Waals surface area contributed by atoms with Crippen LogP contribution >= 0.6 is 0 Å². The highest BCUT2D eigenvalue weighted by atomic mass is 32.2. The zero-order chi connectivity index (χ0) is 23.8. The van der Waals surface area contributed by atoms with Gasteiger partial charge in [0.1, 0.15) is 5.82 Å². The molecule has 0 aliphatic carbocycles. The Morgan fingerprint density at radius 3 is 2.39 bits per heavy atom. The van der Waals surface area contributed by atoms with E-state index in [2.05, 4.69) is 4.72 Å². The van der Waals surface area contributed by atoms with E-state index < -0.39 is 27.1 Å². The van der Waals surface area contributed by atoms with Gasteiger partial charge in [-0.15, -0.1) is 0 Å². The van der Waals surface area contributed by atoms with E-state index in [1.807, 2.05) is 0 Å². The first-order valence-corrected chi connectivity index (χ1v) is 12.0. The maximum atomic E-state index is 13.1. The van der Waals surface area contributed by atoms with Crippen molar-refractivity contribution in [2.75, 3.05) is 17.8 Å². The van der Waals surface area contributed by atoms with Crippen molar-refractivity contribution in [3.8, 4) is 0 Å². The van der Waals surface area contributed by atoms with Crippen LogP contribution in [0.4, 0.5) is 10.1 Å². The number of fused-ring (bicyclic) bond motifs is 1. The number of carbonyl (C=O) groups excluding carboxylic acids is 1. The predicted octanol–water partition coefficient (Wildman–Crippen LogP) is 1.65. The standard InChI is InChI=1S/C22H23FN4O5S/c1-25-19-9-8-17(33(31,32)24-16-6-4-15(23)5-7-16)14-18(19)21(29)27(22(25)30)13-10-20(28)26-11-2-3-12-26/h4-9,14,24H,2-3,10-13H2,1H3. The number of likely N-dealkylation sites (tertiary alicyclic amines) is 1. The molecule has 1 aromatic heterocycles. The van der Waals surface area contributed by atoms with Crippen LogP contribution in [0.15, 0.2) is 56.9 Å².